The first-order valence-electron chi connectivity index (χ1n) is 10.2. The highest BCUT2D eigenvalue weighted by Gasteiger charge is 2.21. The van der Waals surface area contributed by atoms with Crippen molar-refractivity contribution in [3.8, 4) is 5.95 Å². The van der Waals surface area contributed by atoms with Crippen LogP contribution in [0.5, 0.6) is 0 Å². The van der Waals surface area contributed by atoms with E-state index in [1.165, 1.54) is 6.07 Å². The zero-order valence-corrected chi connectivity index (χ0v) is 17.8. The molecule has 1 aliphatic heterocycles. The Morgan fingerprint density at radius 3 is 2.35 bits per heavy atom. The van der Waals surface area contributed by atoms with Gasteiger partial charge in [0.2, 0.25) is 5.91 Å². The van der Waals surface area contributed by atoms with E-state index in [9.17, 15) is 13.6 Å². The van der Waals surface area contributed by atoms with Crippen LogP contribution in [-0.4, -0.2) is 56.7 Å². The van der Waals surface area contributed by atoms with E-state index in [1.807, 2.05) is 30.9 Å². The second-order valence-corrected chi connectivity index (χ2v) is 7.77. The lowest BCUT2D eigenvalue weighted by Gasteiger charge is -2.35. The van der Waals surface area contributed by atoms with Gasteiger partial charge in [-0.3, -0.25) is 4.79 Å². The monoisotopic (exact) mass is 426 g/mol. The minimum atomic E-state index is -0.883. The van der Waals surface area contributed by atoms with Crippen molar-refractivity contribution in [1.82, 2.24) is 24.6 Å². The highest BCUT2D eigenvalue weighted by Crippen LogP contribution is 2.21. The molecule has 1 aliphatic rings. The fourth-order valence-electron chi connectivity index (χ4n) is 3.76. The summed E-state index contributed by atoms with van der Waals surface area (Å²) in [6, 6.07) is 7.66. The quantitative estimate of drug-likeness (QED) is 0.642. The van der Waals surface area contributed by atoms with Gasteiger partial charge in [-0.1, -0.05) is 6.07 Å². The summed E-state index contributed by atoms with van der Waals surface area (Å²) in [5.41, 5.74) is 3.04. The van der Waals surface area contributed by atoms with Crippen LogP contribution < -0.4 is 4.90 Å². The van der Waals surface area contributed by atoms with Crippen LogP contribution in [-0.2, 0) is 11.2 Å². The number of amides is 1. The van der Waals surface area contributed by atoms with Crippen molar-refractivity contribution in [3.63, 3.8) is 0 Å². The predicted molar refractivity (Wildman–Crippen MR) is 112 cm³/mol. The van der Waals surface area contributed by atoms with E-state index in [-0.39, 0.29) is 5.91 Å². The van der Waals surface area contributed by atoms with Crippen molar-refractivity contribution in [2.75, 3.05) is 31.1 Å². The SMILES string of the molecule is CC(=O)N1CCN(c2cc(Cc3ccc(F)c(F)c3)nc(-n3nc(C)cc3C)n2)CC1. The molecule has 162 valence electrons. The normalized spacial score (nSPS) is 14.2. The van der Waals surface area contributed by atoms with E-state index in [0.29, 0.717) is 49.8 Å². The highest BCUT2D eigenvalue weighted by molar-refractivity contribution is 5.73. The summed E-state index contributed by atoms with van der Waals surface area (Å²) in [5, 5.41) is 4.49. The van der Waals surface area contributed by atoms with Gasteiger partial charge in [0, 0.05) is 51.3 Å². The van der Waals surface area contributed by atoms with Crippen LogP contribution >= 0.6 is 0 Å². The Kier molecular flexibility index (Phi) is 5.67. The smallest absolute Gasteiger partial charge is 0.252 e. The van der Waals surface area contributed by atoms with Gasteiger partial charge in [0.25, 0.3) is 5.95 Å². The summed E-state index contributed by atoms with van der Waals surface area (Å²) in [5.74, 6) is -0.553. The lowest BCUT2D eigenvalue weighted by Crippen LogP contribution is -2.48. The number of hydrogen-bond donors (Lipinski definition) is 0. The summed E-state index contributed by atoms with van der Waals surface area (Å²) in [7, 11) is 0. The van der Waals surface area contributed by atoms with E-state index >= 15 is 0 Å². The molecule has 0 atom stereocenters. The number of nitrogens with zero attached hydrogens (tertiary/aromatic N) is 6. The number of benzene rings is 1. The lowest BCUT2D eigenvalue weighted by molar-refractivity contribution is -0.129. The third-order valence-corrected chi connectivity index (χ3v) is 5.37. The molecular weight excluding hydrogens is 402 g/mol. The van der Waals surface area contributed by atoms with Crippen molar-refractivity contribution < 1.29 is 13.6 Å². The third-order valence-electron chi connectivity index (χ3n) is 5.37. The molecule has 2 aromatic heterocycles. The first-order chi connectivity index (χ1) is 14.8. The molecule has 3 heterocycles. The van der Waals surface area contributed by atoms with Crippen molar-refractivity contribution in [1.29, 1.82) is 0 Å². The first-order valence-corrected chi connectivity index (χ1v) is 10.2. The molecule has 0 saturated carbocycles. The lowest BCUT2D eigenvalue weighted by atomic mass is 10.1. The van der Waals surface area contributed by atoms with Gasteiger partial charge >= 0.3 is 0 Å². The van der Waals surface area contributed by atoms with E-state index in [0.717, 1.165) is 23.3 Å². The van der Waals surface area contributed by atoms with Crippen LogP contribution in [0.4, 0.5) is 14.6 Å². The first kappa shape index (κ1) is 20.9. The minimum Gasteiger partial charge on any atom is -0.353 e. The summed E-state index contributed by atoms with van der Waals surface area (Å²) in [6.45, 7) is 7.93. The van der Waals surface area contributed by atoms with Crippen LogP contribution in [0.1, 0.15) is 29.6 Å². The minimum absolute atomic E-state index is 0.0599. The standard InChI is InChI=1S/C22H24F2N6O/c1-14-10-15(2)30(27-14)22-25-18(11-17-4-5-19(23)20(24)12-17)13-21(26-22)29-8-6-28(7-9-29)16(3)31/h4-5,10,12-13H,6-9,11H2,1-3H3. The average molecular weight is 426 g/mol. The van der Waals surface area contributed by atoms with Gasteiger partial charge in [-0.2, -0.15) is 10.1 Å². The summed E-state index contributed by atoms with van der Waals surface area (Å²) in [4.78, 5) is 24.9. The number of aromatic nitrogens is 4. The number of aryl methyl sites for hydroxylation is 2. The number of carbonyl (C=O) groups excluding carboxylic acids is 1. The maximum Gasteiger partial charge on any atom is 0.252 e. The Morgan fingerprint density at radius 1 is 1.00 bits per heavy atom. The van der Waals surface area contributed by atoms with E-state index in [2.05, 4.69) is 15.0 Å². The molecule has 4 rings (SSSR count). The van der Waals surface area contributed by atoms with Crippen LogP contribution in [0.2, 0.25) is 0 Å². The maximum absolute atomic E-state index is 13.7. The Balaban J connectivity index is 1.69. The van der Waals surface area contributed by atoms with E-state index < -0.39 is 11.6 Å². The molecule has 0 unspecified atom stereocenters. The highest BCUT2D eigenvalue weighted by atomic mass is 19.2. The van der Waals surface area contributed by atoms with Gasteiger partial charge < -0.3 is 9.80 Å². The Labute approximate surface area is 179 Å². The number of carbonyl (C=O) groups is 1. The molecule has 3 aromatic rings. The fraction of sp³-hybridized carbons (Fsp3) is 0.364. The van der Waals surface area contributed by atoms with Crippen LogP contribution in [0.25, 0.3) is 5.95 Å². The number of anilines is 1. The van der Waals surface area contributed by atoms with Crippen molar-refractivity contribution in [2.24, 2.45) is 0 Å². The molecule has 1 fully saturated rings. The van der Waals surface area contributed by atoms with Crippen molar-refractivity contribution in [2.45, 2.75) is 27.2 Å². The molecule has 0 spiro atoms. The van der Waals surface area contributed by atoms with Gasteiger partial charge in [-0.05, 0) is 37.6 Å². The third kappa shape index (κ3) is 4.55. The average Bonchev–Trinajstić information content (AvgIpc) is 3.08. The second kappa shape index (κ2) is 8.41. The number of rotatable bonds is 4. The van der Waals surface area contributed by atoms with Crippen LogP contribution in [0, 0.1) is 25.5 Å². The molecule has 0 radical (unpaired) electrons. The molecule has 31 heavy (non-hydrogen) atoms. The molecule has 9 heteroatoms. The van der Waals surface area contributed by atoms with Gasteiger partial charge in [-0.25, -0.2) is 18.4 Å². The summed E-state index contributed by atoms with van der Waals surface area (Å²) < 4.78 is 28.7. The van der Waals surface area contributed by atoms with Gasteiger partial charge in [-0.15, -0.1) is 0 Å². The Hall–Kier alpha value is -3.36. The molecule has 0 N–H and O–H groups in total. The summed E-state index contributed by atoms with van der Waals surface area (Å²) >= 11 is 0. The van der Waals surface area contributed by atoms with Gasteiger partial charge in [0.15, 0.2) is 11.6 Å². The summed E-state index contributed by atoms with van der Waals surface area (Å²) in [6.07, 6.45) is 0.326. The molecule has 1 amide bonds. The Morgan fingerprint density at radius 2 is 1.74 bits per heavy atom. The fourth-order valence-corrected chi connectivity index (χ4v) is 3.76. The maximum atomic E-state index is 13.7. The zero-order chi connectivity index (χ0) is 22.1. The topological polar surface area (TPSA) is 67.2 Å². The van der Waals surface area contributed by atoms with Crippen molar-refractivity contribution in [3.05, 3.63) is 64.6 Å². The molecule has 0 bridgehead atoms. The zero-order valence-electron chi connectivity index (χ0n) is 17.8. The van der Waals surface area contributed by atoms with Gasteiger partial charge in [0.1, 0.15) is 5.82 Å². The largest absolute Gasteiger partial charge is 0.353 e. The van der Waals surface area contributed by atoms with Crippen molar-refractivity contribution >= 4 is 11.7 Å². The molecule has 0 aliphatic carbocycles. The number of piperazine rings is 1. The van der Waals surface area contributed by atoms with E-state index in [4.69, 9.17) is 4.98 Å². The number of halogens is 2. The number of hydrogen-bond acceptors (Lipinski definition) is 5. The molecule has 1 aromatic carbocycles. The molecule has 7 nitrogen and oxygen atoms in total. The molecular formula is C22H24F2N6O. The second-order valence-electron chi connectivity index (χ2n) is 7.77. The molecule has 1 saturated heterocycles. The van der Waals surface area contributed by atoms with Crippen LogP contribution in [0.3, 0.4) is 0 Å². The van der Waals surface area contributed by atoms with E-state index in [1.54, 1.807) is 17.7 Å². The van der Waals surface area contributed by atoms with Crippen LogP contribution in [0.15, 0.2) is 30.3 Å². The predicted octanol–water partition coefficient (Wildman–Crippen LogP) is 2.82. The Bertz CT molecular complexity index is 1120. The van der Waals surface area contributed by atoms with Gasteiger partial charge in [0.05, 0.1) is 11.4 Å².